The van der Waals surface area contributed by atoms with Gasteiger partial charge < -0.3 is 10.2 Å². The minimum atomic E-state index is -0.272. The zero-order valence-electron chi connectivity index (χ0n) is 17.3. The van der Waals surface area contributed by atoms with Crippen LogP contribution in [0.1, 0.15) is 32.4 Å². The van der Waals surface area contributed by atoms with E-state index in [1.54, 1.807) is 36.0 Å². The lowest BCUT2D eigenvalue weighted by Crippen LogP contribution is -2.28. The standard InChI is InChI=1S/C25H22ClFN2O2S/c26-21-9-1-18(2-10-21)15-29-23(30)16-32-25(29)20-7-5-19(6-8-20)24(31)28-14-13-17-3-11-22(27)12-4-17/h1-12,25H,13-16H2,(H,28,31)/t25-/m1/s1. The third-order valence-corrected chi connectivity index (χ3v) is 6.81. The number of hydrogen-bond acceptors (Lipinski definition) is 3. The highest BCUT2D eigenvalue weighted by atomic mass is 35.5. The number of nitrogens with one attached hydrogen (secondary N) is 1. The minimum Gasteiger partial charge on any atom is -0.352 e. The molecule has 4 rings (SSSR count). The molecule has 0 spiro atoms. The summed E-state index contributed by atoms with van der Waals surface area (Å²) < 4.78 is 13.0. The number of carbonyl (C=O) groups excluding carboxylic acids is 2. The Balaban J connectivity index is 1.36. The Morgan fingerprint density at radius 1 is 1.00 bits per heavy atom. The number of rotatable bonds is 7. The fraction of sp³-hybridized carbons (Fsp3) is 0.200. The average Bonchev–Trinajstić information content (AvgIpc) is 3.16. The maximum Gasteiger partial charge on any atom is 0.251 e. The van der Waals surface area contributed by atoms with E-state index >= 15 is 0 Å². The largest absolute Gasteiger partial charge is 0.352 e. The van der Waals surface area contributed by atoms with Gasteiger partial charge in [0.1, 0.15) is 11.2 Å². The molecule has 0 bridgehead atoms. The third kappa shape index (κ3) is 5.50. The predicted octanol–water partition coefficient (Wildman–Crippen LogP) is 5.23. The lowest BCUT2D eigenvalue weighted by Gasteiger charge is -2.24. The second-order valence-corrected chi connectivity index (χ2v) is 9.07. The molecule has 3 aromatic rings. The van der Waals surface area contributed by atoms with Crippen LogP contribution in [0, 0.1) is 5.82 Å². The monoisotopic (exact) mass is 468 g/mol. The second-order valence-electron chi connectivity index (χ2n) is 7.57. The highest BCUT2D eigenvalue weighted by molar-refractivity contribution is 8.00. The van der Waals surface area contributed by atoms with E-state index in [0.29, 0.717) is 35.8 Å². The Kier molecular flexibility index (Phi) is 7.12. The van der Waals surface area contributed by atoms with Crippen LogP contribution in [0.15, 0.2) is 72.8 Å². The molecular formula is C25H22ClFN2O2S. The molecule has 0 radical (unpaired) electrons. The summed E-state index contributed by atoms with van der Waals surface area (Å²) in [4.78, 5) is 26.8. The van der Waals surface area contributed by atoms with Gasteiger partial charge in [0.15, 0.2) is 0 Å². The number of carbonyl (C=O) groups is 2. The molecule has 3 aromatic carbocycles. The van der Waals surface area contributed by atoms with Crippen molar-refractivity contribution in [2.75, 3.05) is 12.3 Å². The summed E-state index contributed by atoms with van der Waals surface area (Å²) >= 11 is 7.54. The van der Waals surface area contributed by atoms with Crippen LogP contribution < -0.4 is 5.32 Å². The molecular weight excluding hydrogens is 447 g/mol. The van der Waals surface area contributed by atoms with Crippen LogP contribution in [-0.4, -0.2) is 29.0 Å². The fourth-order valence-corrected chi connectivity index (χ4v) is 4.87. The highest BCUT2D eigenvalue weighted by Crippen LogP contribution is 2.39. The quantitative estimate of drug-likeness (QED) is 0.516. The highest BCUT2D eigenvalue weighted by Gasteiger charge is 2.32. The van der Waals surface area contributed by atoms with Gasteiger partial charge in [0.25, 0.3) is 5.91 Å². The predicted molar refractivity (Wildman–Crippen MR) is 126 cm³/mol. The van der Waals surface area contributed by atoms with Crippen LogP contribution in [0.25, 0.3) is 0 Å². The lowest BCUT2D eigenvalue weighted by molar-refractivity contribution is -0.128. The summed E-state index contributed by atoms with van der Waals surface area (Å²) in [6, 6.07) is 21.1. The molecule has 4 nitrogen and oxygen atoms in total. The van der Waals surface area contributed by atoms with E-state index in [0.717, 1.165) is 16.7 Å². The van der Waals surface area contributed by atoms with Gasteiger partial charge in [-0.1, -0.05) is 48.0 Å². The van der Waals surface area contributed by atoms with Crippen LogP contribution in [0.2, 0.25) is 5.02 Å². The Bertz CT molecular complexity index is 1090. The first-order valence-corrected chi connectivity index (χ1v) is 11.7. The molecule has 0 aromatic heterocycles. The average molecular weight is 469 g/mol. The first-order chi connectivity index (χ1) is 15.5. The maximum absolute atomic E-state index is 13.0. The van der Waals surface area contributed by atoms with Crippen LogP contribution in [0.4, 0.5) is 4.39 Å². The Labute approximate surface area is 195 Å². The van der Waals surface area contributed by atoms with E-state index in [4.69, 9.17) is 11.6 Å². The van der Waals surface area contributed by atoms with Crippen molar-refractivity contribution in [3.8, 4) is 0 Å². The van der Waals surface area contributed by atoms with Crippen LogP contribution in [0.3, 0.4) is 0 Å². The van der Waals surface area contributed by atoms with Crippen molar-refractivity contribution in [2.24, 2.45) is 0 Å². The van der Waals surface area contributed by atoms with Gasteiger partial charge in [-0.3, -0.25) is 9.59 Å². The normalized spacial score (nSPS) is 15.8. The molecule has 164 valence electrons. The molecule has 7 heteroatoms. The molecule has 1 aliphatic heterocycles. The molecule has 1 heterocycles. The molecule has 0 saturated carbocycles. The molecule has 1 atom stereocenters. The first-order valence-electron chi connectivity index (χ1n) is 10.3. The van der Waals surface area contributed by atoms with E-state index in [1.807, 2.05) is 41.3 Å². The fourth-order valence-electron chi connectivity index (χ4n) is 3.56. The van der Waals surface area contributed by atoms with Gasteiger partial charge in [0, 0.05) is 23.7 Å². The topological polar surface area (TPSA) is 49.4 Å². The summed E-state index contributed by atoms with van der Waals surface area (Å²) in [6.07, 6.45) is 0.630. The molecule has 32 heavy (non-hydrogen) atoms. The van der Waals surface area contributed by atoms with Crippen LogP contribution in [0.5, 0.6) is 0 Å². The number of hydrogen-bond donors (Lipinski definition) is 1. The van der Waals surface area contributed by atoms with E-state index < -0.39 is 0 Å². The molecule has 1 saturated heterocycles. The number of amides is 2. The molecule has 1 fully saturated rings. The zero-order valence-corrected chi connectivity index (χ0v) is 18.8. The molecule has 1 N–H and O–H groups in total. The van der Waals surface area contributed by atoms with Gasteiger partial charge in [-0.25, -0.2) is 4.39 Å². The maximum atomic E-state index is 13.0. The van der Waals surface area contributed by atoms with Gasteiger partial charge in [0.05, 0.1) is 5.75 Å². The van der Waals surface area contributed by atoms with Gasteiger partial charge in [0.2, 0.25) is 5.91 Å². The van der Waals surface area contributed by atoms with Crippen molar-refractivity contribution in [2.45, 2.75) is 18.3 Å². The summed E-state index contributed by atoms with van der Waals surface area (Å²) in [7, 11) is 0. The Morgan fingerprint density at radius 3 is 2.34 bits per heavy atom. The molecule has 0 unspecified atom stereocenters. The van der Waals surface area contributed by atoms with E-state index in [1.165, 1.54) is 12.1 Å². The van der Waals surface area contributed by atoms with Crippen LogP contribution >= 0.6 is 23.4 Å². The summed E-state index contributed by atoms with van der Waals surface area (Å²) in [5.41, 5.74) is 3.53. The van der Waals surface area contributed by atoms with Crippen molar-refractivity contribution in [1.29, 1.82) is 0 Å². The summed E-state index contributed by atoms with van der Waals surface area (Å²) in [6.45, 7) is 0.980. The number of thioether (sulfide) groups is 1. The lowest BCUT2D eigenvalue weighted by atomic mass is 10.1. The van der Waals surface area contributed by atoms with Crippen molar-refractivity contribution in [3.63, 3.8) is 0 Å². The SMILES string of the molecule is O=C(NCCc1ccc(F)cc1)c1ccc([C@H]2SCC(=O)N2Cc2ccc(Cl)cc2)cc1. The summed E-state index contributed by atoms with van der Waals surface area (Å²) in [5.74, 6) is 0.0975. The zero-order chi connectivity index (χ0) is 22.5. The number of nitrogens with zero attached hydrogens (tertiary/aromatic N) is 1. The van der Waals surface area contributed by atoms with E-state index in [-0.39, 0.29) is 23.0 Å². The second kappa shape index (κ2) is 10.2. The van der Waals surface area contributed by atoms with Gasteiger partial charge in [-0.15, -0.1) is 11.8 Å². The van der Waals surface area contributed by atoms with Crippen LogP contribution in [-0.2, 0) is 17.8 Å². The molecule has 0 aliphatic carbocycles. The van der Waals surface area contributed by atoms with Crippen molar-refractivity contribution < 1.29 is 14.0 Å². The molecule has 1 aliphatic rings. The van der Waals surface area contributed by atoms with Gasteiger partial charge in [-0.2, -0.15) is 0 Å². The Hall–Kier alpha value is -2.83. The first kappa shape index (κ1) is 22.4. The minimum absolute atomic E-state index is 0.0891. The third-order valence-electron chi connectivity index (χ3n) is 5.30. The van der Waals surface area contributed by atoms with Gasteiger partial charge in [-0.05, 0) is 59.5 Å². The number of halogens is 2. The number of benzene rings is 3. The van der Waals surface area contributed by atoms with Gasteiger partial charge >= 0.3 is 0 Å². The summed E-state index contributed by atoms with van der Waals surface area (Å²) in [5, 5.41) is 3.47. The molecule has 2 amide bonds. The Morgan fingerprint density at radius 2 is 1.66 bits per heavy atom. The smallest absolute Gasteiger partial charge is 0.251 e. The van der Waals surface area contributed by atoms with Crippen molar-refractivity contribution in [1.82, 2.24) is 10.2 Å². The van der Waals surface area contributed by atoms with Crippen molar-refractivity contribution >= 4 is 35.2 Å². The van der Waals surface area contributed by atoms with E-state index in [9.17, 15) is 14.0 Å². The van der Waals surface area contributed by atoms with Crippen molar-refractivity contribution in [3.05, 3.63) is 106 Å². The van der Waals surface area contributed by atoms with E-state index in [2.05, 4.69) is 5.32 Å².